The van der Waals surface area contributed by atoms with Crippen LogP contribution in [0.3, 0.4) is 0 Å². The molecule has 3 aromatic rings. The van der Waals surface area contributed by atoms with E-state index < -0.39 is 11.7 Å². The lowest BCUT2D eigenvalue weighted by Gasteiger charge is -2.10. The van der Waals surface area contributed by atoms with E-state index in [2.05, 4.69) is 10.3 Å². The van der Waals surface area contributed by atoms with E-state index in [-0.39, 0.29) is 16.5 Å². The molecule has 1 N–H and O–H groups in total. The number of hydrogen-bond donors (Lipinski definition) is 1. The first-order chi connectivity index (χ1) is 13.8. The second kappa shape index (κ2) is 8.55. The van der Waals surface area contributed by atoms with E-state index in [4.69, 9.17) is 16.9 Å². The molecule has 0 radical (unpaired) electrons. The van der Waals surface area contributed by atoms with Gasteiger partial charge >= 0.3 is 6.18 Å². The molecule has 9 heteroatoms. The van der Waals surface area contributed by atoms with Crippen LogP contribution in [0.2, 0.25) is 5.02 Å². The van der Waals surface area contributed by atoms with Crippen LogP contribution in [0.15, 0.2) is 70.6 Å². The van der Waals surface area contributed by atoms with Crippen LogP contribution in [-0.4, -0.2) is 10.9 Å². The van der Waals surface area contributed by atoms with Crippen molar-refractivity contribution in [2.75, 3.05) is 5.32 Å². The zero-order valence-corrected chi connectivity index (χ0v) is 16.1. The highest BCUT2D eigenvalue weighted by atomic mass is 35.5. The fourth-order valence-corrected chi connectivity index (χ4v) is 3.47. The van der Waals surface area contributed by atoms with Crippen LogP contribution in [0, 0.1) is 11.3 Å². The first kappa shape index (κ1) is 20.7. The van der Waals surface area contributed by atoms with Gasteiger partial charge in [0.15, 0.2) is 5.69 Å². The second-order valence-corrected chi connectivity index (χ2v) is 7.26. The van der Waals surface area contributed by atoms with Gasteiger partial charge in [-0.2, -0.15) is 18.4 Å². The molecule has 1 amide bonds. The molecule has 0 unspecified atom stereocenters. The van der Waals surface area contributed by atoms with Gasteiger partial charge in [-0.25, -0.2) is 4.98 Å². The number of aromatic nitrogens is 1. The van der Waals surface area contributed by atoms with Crippen molar-refractivity contribution in [3.8, 4) is 6.07 Å². The maximum absolute atomic E-state index is 12.9. The van der Waals surface area contributed by atoms with Gasteiger partial charge in [0.05, 0.1) is 16.1 Å². The van der Waals surface area contributed by atoms with Crippen LogP contribution in [-0.2, 0) is 6.18 Å². The molecule has 1 aromatic heterocycles. The molecule has 0 aliphatic rings. The SMILES string of the molecule is N#Cc1ncc(C(F)(F)F)cc1Sc1ccc(NC(=O)c2ccccc2Cl)cc1. The number of alkyl halides is 3. The van der Waals surface area contributed by atoms with Crippen molar-refractivity contribution in [2.45, 2.75) is 16.0 Å². The number of nitriles is 1. The summed E-state index contributed by atoms with van der Waals surface area (Å²) in [6.45, 7) is 0. The summed E-state index contributed by atoms with van der Waals surface area (Å²) in [5.41, 5.74) is -0.218. The predicted octanol–water partition coefficient (Wildman–Crippen LogP) is 6.03. The molecule has 146 valence electrons. The minimum absolute atomic E-state index is 0.0928. The molecule has 0 bridgehead atoms. The van der Waals surface area contributed by atoms with Crippen molar-refractivity contribution < 1.29 is 18.0 Å². The Labute approximate surface area is 173 Å². The number of carbonyl (C=O) groups is 1. The van der Waals surface area contributed by atoms with Crippen LogP contribution in [0.1, 0.15) is 21.6 Å². The normalized spacial score (nSPS) is 11.0. The van der Waals surface area contributed by atoms with Crippen molar-refractivity contribution >= 4 is 35.0 Å². The number of benzene rings is 2. The number of anilines is 1. The molecule has 3 rings (SSSR count). The van der Waals surface area contributed by atoms with Gasteiger partial charge in [0.25, 0.3) is 5.91 Å². The molecule has 0 saturated carbocycles. The third-order valence-corrected chi connectivity index (χ3v) is 5.11. The average Bonchev–Trinajstić information content (AvgIpc) is 2.69. The van der Waals surface area contributed by atoms with Crippen molar-refractivity contribution in [1.29, 1.82) is 5.26 Å². The van der Waals surface area contributed by atoms with E-state index in [1.807, 2.05) is 0 Å². The van der Waals surface area contributed by atoms with Gasteiger partial charge in [0.2, 0.25) is 0 Å². The summed E-state index contributed by atoms with van der Waals surface area (Å²) in [4.78, 5) is 16.5. The summed E-state index contributed by atoms with van der Waals surface area (Å²) >= 11 is 6.97. The first-order valence-electron chi connectivity index (χ1n) is 8.09. The van der Waals surface area contributed by atoms with E-state index >= 15 is 0 Å². The number of nitrogens with one attached hydrogen (secondary N) is 1. The van der Waals surface area contributed by atoms with E-state index in [1.165, 1.54) is 0 Å². The predicted molar refractivity (Wildman–Crippen MR) is 104 cm³/mol. The molecule has 1 heterocycles. The first-order valence-corrected chi connectivity index (χ1v) is 9.28. The molecule has 0 aliphatic carbocycles. The monoisotopic (exact) mass is 433 g/mol. The minimum Gasteiger partial charge on any atom is -0.322 e. The van der Waals surface area contributed by atoms with Crippen molar-refractivity contribution in [1.82, 2.24) is 4.98 Å². The number of nitrogens with zero attached hydrogens (tertiary/aromatic N) is 2. The molecular formula is C20H11ClF3N3OS. The molecule has 0 aliphatic heterocycles. The van der Waals surface area contributed by atoms with E-state index in [9.17, 15) is 18.0 Å². The highest BCUT2D eigenvalue weighted by Gasteiger charge is 2.31. The fraction of sp³-hybridized carbons (Fsp3) is 0.0500. The molecule has 29 heavy (non-hydrogen) atoms. The molecule has 0 fully saturated rings. The molecule has 0 saturated heterocycles. The zero-order valence-electron chi connectivity index (χ0n) is 14.5. The van der Waals surface area contributed by atoms with Gasteiger partial charge in [-0.1, -0.05) is 35.5 Å². The Balaban J connectivity index is 1.77. The lowest BCUT2D eigenvalue weighted by atomic mass is 10.2. The lowest BCUT2D eigenvalue weighted by molar-refractivity contribution is -0.138. The van der Waals surface area contributed by atoms with Gasteiger partial charge in [-0.05, 0) is 42.5 Å². The highest BCUT2D eigenvalue weighted by Crippen LogP contribution is 2.35. The standard InChI is InChI=1S/C20H11ClF3N3OS/c21-16-4-2-1-3-15(16)19(28)27-13-5-7-14(8-6-13)29-18-9-12(20(22,23)24)11-26-17(18)10-25/h1-9,11H,(H,27,28). The summed E-state index contributed by atoms with van der Waals surface area (Å²) in [6, 6.07) is 15.7. The number of rotatable bonds is 4. The molecular weight excluding hydrogens is 423 g/mol. The lowest BCUT2D eigenvalue weighted by Crippen LogP contribution is -2.12. The Morgan fingerprint density at radius 3 is 2.45 bits per heavy atom. The molecule has 0 atom stereocenters. The highest BCUT2D eigenvalue weighted by molar-refractivity contribution is 7.99. The van der Waals surface area contributed by atoms with Gasteiger partial charge in [0, 0.05) is 21.7 Å². The Bertz CT molecular complexity index is 1100. The second-order valence-electron chi connectivity index (χ2n) is 5.74. The summed E-state index contributed by atoms with van der Waals surface area (Å²) < 4.78 is 38.7. The average molecular weight is 434 g/mol. The Morgan fingerprint density at radius 1 is 1.14 bits per heavy atom. The van der Waals surface area contributed by atoms with Crippen LogP contribution in [0.25, 0.3) is 0 Å². The van der Waals surface area contributed by atoms with Crippen molar-refractivity contribution in [3.05, 3.63) is 82.6 Å². The Kier molecular flexibility index (Phi) is 6.11. The van der Waals surface area contributed by atoms with Crippen LogP contribution >= 0.6 is 23.4 Å². The maximum atomic E-state index is 12.9. The summed E-state index contributed by atoms with van der Waals surface area (Å²) in [7, 11) is 0. The largest absolute Gasteiger partial charge is 0.417 e. The Hall–Kier alpha value is -3.02. The number of hydrogen-bond acceptors (Lipinski definition) is 4. The summed E-state index contributed by atoms with van der Waals surface area (Å²) in [6.07, 6.45) is -3.92. The fourth-order valence-electron chi connectivity index (χ4n) is 2.34. The third-order valence-electron chi connectivity index (χ3n) is 3.74. The Morgan fingerprint density at radius 2 is 1.83 bits per heavy atom. The number of pyridine rings is 1. The molecule has 0 spiro atoms. The summed E-state index contributed by atoms with van der Waals surface area (Å²) in [5.74, 6) is -0.384. The van der Waals surface area contributed by atoms with Crippen LogP contribution in [0.5, 0.6) is 0 Å². The van der Waals surface area contributed by atoms with Gasteiger partial charge in [-0.3, -0.25) is 4.79 Å². The maximum Gasteiger partial charge on any atom is 0.417 e. The topological polar surface area (TPSA) is 65.8 Å². The molecule has 4 nitrogen and oxygen atoms in total. The number of amides is 1. The van der Waals surface area contributed by atoms with E-state index in [1.54, 1.807) is 54.6 Å². The van der Waals surface area contributed by atoms with Gasteiger partial charge in [-0.15, -0.1) is 0 Å². The van der Waals surface area contributed by atoms with Gasteiger partial charge < -0.3 is 5.32 Å². The quantitative estimate of drug-likeness (QED) is 0.545. The van der Waals surface area contributed by atoms with Gasteiger partial charge in [0.1, 0.15) is 6.07 Å². The zero-order chi connectivity index (χ0) is 21.0. The minimum atomic E-state index is -4.55. The molecule has 2 aromatic carbocycles. The van der Waals surface area contributed by atoms with Crippen LogP contribution in [0.4, 0.5) is 18.9 Å². The number of halogens is 4. The van der Waals surface area contributed by atoms with E-state index in [0.717, 1.165) is 17.8 Å². The number of carbonyl (C=O) groups excluding carboxylic acids is 1. The van der Waals surface area contributed by atoms with Crippen LogP contribution < -0.4 is 5.32 Å². The van der Waals surface area contributed by atoms with Crippen molar-refractivity contribution in [2.24, 2.45) is 0 Å². The smallest absolute Gasteiger partial charge is 0.322 e. The third kappa shape index (κ3) is 5.08. The summed E-state index contributed by atoms with van der Waals surface area (Å²) in [5, 5.41) is 12.1. The van der Waals surface area contributed by atoms with E-state index in [0.29, 0.717) is 27.4 Å². The van der Waals surface area contributed by atoms with Crippen molar-refractivity contribution in [3.63, 3.8) is 0 Å².